The molecule has 0 N–H and O–H groups in total. The summed E-state index contributed by atoms with van der Waals surface area (Å²) in [6, 6.07) is 17.0. The Bertz CT molecular complexity index is 658. The predicted molar refractivity (Wildman–Crippen MR) is 89.1 cm³/mol. The predicted octanol–water partition coefficient (Wildman–Crippen LogP) is 4.23. The molecule has 2 aliphatic heterocycles. The van der Waals surface area contributed by atoms with Crippen LogP contribution < -0.4 is 0 Å². The van der Waals surface area contributed by atoms with E-state index in [2.05, 4.69) is 47.4 Å². The Kier molecular flexibility index (Phi) is 3.91. The number of benzene rings is 2. The lowest BCUT2D eigenvalue weighted by molar-refractivity contribution is -0.0325. The first-order valence-corrected chi connectivity index (χ1v) is 8.34. The third-order valence-electron chi connectivity index (χ3n) is 4.88. The van der Waals surface area contributed by atoms with E-state index < -0.39 is 0 Å². The molecule has 2 nitrogen and oxygen atoms in total. The fourth-order valence-electron chi connectivity index (χ4n) is 3.75. The van der Waals surface area contributed by atoms with Crippen LogP contribution in [0.4, 0.5) is 0 Å². The number of likely N-dealkylation sites (tertiary alicyclic amines) is 1. The second kappa shape index (κ2) is 6.04. The average Bonchev–Trinajstić information content (AvgIpc) is 2.56. The Morgan fingerprint density at radius 2 is 1.95 bits per heavy atom. The van der Waals surface area contributed by atoms with Crippen molar-refractivity contribution in [3.05, 3.63) is 70.2 Å². The van der Waals surface area contributed by atoms with Crippen LogP contribution in [-0.2, 0) is 17.9 Å². The monoisotopic (exact) mass is 313 g/mol. The number of halogens is 1. The summed E-state index contributed by atoms with van der Waals surface area (Å²) >= 11 is 6.35. The molecule has 0 bridgehead atoms. The standard InChI is InChI=1S/C19H20ClNO/c20-18-8-4-7-15-16-12-21(11-14-5-2-1-3-6-14)10-9-19(16)22-13-17(15)18/h1-8,16,19H,9-13H2/t16-,19+/m1/s1. The summed E-state index contributed by atoms with van der Waals surface area (Å²) in [7, 11) is 0. The molecule has 0 spiro atoms. The zero-order valence-electron chi connectivity index (χ0n) is 12.5. The van der Waals surface area contributed by atoms with Gasteiger partial charge in [-0.2, -0.15) is 0 Å². The lowest BCUT2D eigenvalue weighted by atomic mass is 9.83. The van der Waals surface area contributed by atoms with Crippen molar-refractivity contribution in [2.45, 2.75) is 31.6 Å². The molecule has 0 aromatic heterocycles. The maximum atomic E-state index is 6.35. The van der Waals surface area contributed by atoms with E-state index in [4.69, 9.17) is 16.3 Å². The molecular formula is C19H20ClNO. The van der Waals surface area contributed by atoms with Crippen LogP contribution in [0, 0.1) is 0 Å². The molecule has 2 aromatic rings. The van der Waals surface area contributed by atoms with E-state index in [-0.39, 0.29) is 0 Å². The summed E-state index contributed by atoms with van der Waals surface area (Å²) in [6.07, 6.45) is 1.45. The first-order valence-electron chi connectivity index (χ1n) is 7.96. The van der Waals surface area contributed by atoms with E-state index in [9.17, 15) is 0 Å². The largest absolute Gasteiger partial charge is 0.373 e. The van der Waals surface area contributed by atoms with Crippen molar-refractivity contribution in [3.63, 3.8) is 0 Å². The van der Waals surface area contributed by atoms with Crippen LogP contribution in [0.25, 0.3) is 0 Å². The number of nitrogens with zero attached hydrogens (tertiary/aromatic N) is 1. The number of ether oxygens (including phenoxy) is 1. The van der Waals surface area contributed by atoms with E-state index in [0.29, 0.717) is 18.6 Å². The van der Waals surface area contributed by atoms with Crippen molar-refractivity contribution in [1.82, 2.24) is 4.90 Å². The molecule has 2 heterocycles. The van der Waals surface area contributed by atoms with Crippen LogP contribution in [-0.4, -0.2) is 24.1 Å². The van der Waals surface area contributed by atoms with Crippen LogP contribution in [0.1, 0.15) is 29.0 Å². The minimum atomic E-state index is 0.345. The van der Waals surface area contributed by atoms with E-state index in [1.165, 1.54) is 16.7 Å². The number of fused-ring (bicyclic) bond motifs is 3. The maximum Gasteiger partial charge on any atom is 0.0738 e. The molecule has 2 aliphatic rings. The van der Waals surface area contributed by atoms with Crippen molar-refractivity contribution < 1.29 is 4.74 Å². The van der Waals surface area contributed by atoms with Gasteiger partial charge < -0.3 is 4.74 Å². The minimum absolute atomic E-state index is 0.345. The first-order chi connectivity index (χ1) is 10.8. The van der Waals surface area contributed by atoms with Gasteiger partial charge in [0.1, 0.15) is 0 Å². The van der Waals surface area contributed by atoms with Gasteiger partial charge in [0.15, 0.2) is 0 Å². The Morgan fingerprint density at radius 3 is 2.82 bits per heavy atom. The van der Waals surface area contributed by atoms with Crippen LogP contribution in [0.15, 0.2) is 48.5 Å². The molecule has 3 heteroatoms. The number of hydrogen-bond acceptors (Lipinski definition) is 2. The van der Waals surface area contributed by atoms with Gasteiger partial charge in [-0.1, -0.05) is 54.1 Å². The lowest BCUT2D eigenvalue weighted by Crippen LogP contribution is -2.44. The SMILES string of the molecule is Clc1cccc2c1CO[C@H]1CCN(Cc3ccccc3)C[C@H]21. The second-order valence-electron chi connectivity index (χ2n) is 6.27. The van der Waals surface area contributed by atoms with Gasteiger partial charge in [0.25, 0.3) is 0 Å². The fraction of sp³-hybridized carbons (Fsp3) is 0.368. The summed E-state index contributed by atoms with van der Waals surface area (Å²) in [4.78, 5) is 2.54. The Balaban J connectivity index is 1.56. The third-order valence-corrected chi connectivity index (χ3v) is 5.23. The molecule has 0 unspecified atom stereocenters. The van der Waals surface area contributed by atoms with Crippen molar-refractivity contribution in [1.29, 1.82) is 0 Å². The molecular weight excluding hydrogens is 294 g/mol. The van der Waals surface area contributed by atoms with Crippen LogP contribution in [0.5, 0.6) is 0 Å². The van der Waals surface area contributed by atoms with Gasteiger partial charge >= 0.3 is 0 Å². The van der Waals surface area contributed by atoms with Crippen molar-refractivity contribution in [3.8, 4) is 0 Å². The quantitative estimate of drug-likeness (QED) is 0.822. The van der Waals surface area contributed by atoms with Gasteiger partial charge in [-0.25, -0.2) is 0 Å². The summed E-state index contributed by atoms with van der Waals surface area (Å²) in [5.41, 5.74) is 3.96. The number of hydrogen-bond donors (Lipinski definition) is 0. The van der Waals surface area contributed by atoms with E-state index in [1.54, 1.807) is 0 Å². The third kappa shape index (κ3) is 2.67. The molecule has 114 valence electrons. The van der Waals surface area contributed by atoms with Gasteiger partial charge in [-0.3, -0.25) is 4.90 Å². The molecule has 0 saturated carbocycles. The van der Waals surface area contributed by atoms with Crippen LogP contribution in [0.2, 0.25) is 5.02 Å². The molecule has 0 radical (unpaired) electrons. The van der Waals surface area contributed by atoms with Gasteiger partial charge in [0.2, 0.25) is 0 Å². The van der Waals surface area contributed by atoms with Crippen LogP contribution in [0.3, 0.4) is 0 Å². The Morgan fingerprint density at radius 1 is 1.09 bits per heavy atom. The minimum Gasteiger partial charge on any atom is -0.373 e. The summed E-state index contributed by atoms with van der Waals surface area (Å²) in [6.45, 7) is 3.83. The topological polar surface area (TPSA) is 12.5 Å². The highest BCUT2D eigenvalue weighted by Gasteiger charge is 2.35. The Hall–Kier alpha value is -1.35. The van der Waals surface area contributed by atoms with Gasteiger partial charge in [0.05, 0.1) is 12.7 Å². The molecule has 2 atom stereocenters. The molecule has 4 rings (SSSR count). The lowest BCUT2D eigenvalue weighted by Gasteiger charge is -2.42. The summed E-state index contributed by atoms with van der Waals surface area (Å²) < 4.78 is 6.08. The highest BCUT2D eigenvalue weighted by molar-refractivity contribution is 6.31. The number of rotatable bonds is 2. The zero-order chi connectivity index (χ0) is 14.9. The summed E-state index contributed by atoms with van der Waals surface area (Å²) in [5.74, 6) is 0.444. The van der Waals surface area contributed by atoms with Crippen molar-refractivity contribution in [2.75, 3.05) is 13.1 Å². The smallest absolute Gasteiger partial charge is 0.0738 e. The van der Waals surface area contributed by atoms with Gasteiger partial charge in [-0.15, -0.1) is 0 Å². The molecule has 22 heavy (non-hydrogen) atoms. The van der Waals surface area contributed by atoms with Gasteiger partial charge in [-0.05, 0) is 29.2 Å². The number of piperidine rings is 1. The van der Waals surface area contributed by atoms with E-state index in [0.717, 1.165) is 31.1 Å². The molecule has 2 aromatic carbocycles. The molecule has 1 saturated heterocycles. The second-order valence-corrected chi connectivity index (χ2v) is 6.68. The highest BCUT2D eigenvalue weighted by atomic mass is 35.5. The van der Waals surface area contributed by atoms with Crippen molar-refractivity contribution >= 4 is 11.6 Å². The van der Waals surface area contributed by atoms with E-state index >= 15 is 0 Å². The molecule has 1 fully saturated rings. The summed E-state index contributed by atoms with van der Waals surface area (Å²) in [5, 5.41) is 0.844. The van der Waals surface area contributed by atoms with E-state index in [1.807, 2.05) is 6.07 Å². The maximum absolute atomic E-state index is 6.35. The zero-order valence-corrected chi connectivity index (χ0v) is 13.3. The molecule has 0 amide bonds. The van der Waals surface area contributed by atoms with Crippen molar-refractivity contribution in [2.24, 2.45) is 0 Å². The van der Waals surface area contributed by atoms with Crippen LogP contribution >= 0.6 is 11.6 Å². The normalized spacial score (nSPS) is 24.6. The molecule has 0 aliphatic carbocycles. The highest BCUT2D eigenvalue weighted by Crippen LogP contribution is 2.39. The fourth-order valence-corrected chi connectivity index (χ4v) is 3.98. The Labute approximate surface area is 136 Å². The first kappa shape index (κ1) is 14.3. The van der Waals surface area contributed by atoms with Gasteiger partial charge in [0, 0.05) is 30.6 Å². The average molecular weight is 314 g/mol.